The van der Waals surface area contributed by atoms with Crippen LogP contribution in [0, 0.1) is 11.3 Å². The molecule has 1 aliphatic rings. The van der Waals surface area contributed by atoms with Gasteiger partial charge in [0.2, 0.25) is 5.91 Å². The van der Waals surface area contributed by atoms with Gasteiger partial charge in [0.25, 0.3) is 0 Å². The number of esters is 1. The smallest absolute Gasteiger partial charge is 0.336 e. The van der Waals surface area contributed by atoms with Crippen LogP contribution in [-0.4, -0.2) is 23.4 Å². The Balaban J connectivity index is 2.10. The lowest BCUT2D eigenvalue weighted by molar-refractivity contribution is -0.140. The minimum Gasteiger partial charge on any atom is -0.463 e. The number of nitriles is 1. The van der Waals surface area contributed by atoms with Gasteiger partial charge in [-0.2, -0.15) is 5.26 Å². The molecule has 0 radical (unpaired) electrons. The molecule has 154 valence electrons. The van der Waals surface area contributed by atoms with Gasteiger partial charge in [0, 0.05) is 23.1 Å². The van der Waals surface area contributed by atoms with Crippen molar-refractivity contribution in [3.8, 4) is 6.07 Å². The number of carbonyl (C=O) groups excluding carboxylic acids is 2. The van der Waals surface area contributed by atoms with Crippen LogP contribution in [0.15, 0.2) is 59.8 Å². The number of hydrogen-bond donors (Lipinski definition) is 0. The summed E-state index contributed by atoms with van der Waals surface area (Å²) in [5.74, 6) is -0.975. The third kappa shape index (κ3) is 4.39. The fourth-order valence-corrected chi connectivity index (χ4v) is 4.13. The third-order valence-electron chi connectivity index (χ3n) is 5.17. The van der Waals surface area contributed by atoms with Crippen molar-refractivity contribution < 1.29 is 14.3 Å². The largest absolute Gasteiger partial charge is 0.463 e. The topological polar surface area (TPSA) is 70.4 Å². The summed E-state index contributed by atoms with van der Waals surface area (Å²) in [6.45, 7) is 4.20. The minimum atomic E-state index is -0.457. The van der Waals surface area contributed by atoms with Gasteiger partial charge in [-0.1, -0.05) is 48.9 Å². The van der Waals surface area contributed by atoms with E-state index in [9.17, 15) is 9.59 Å². The van der Waals surface area contributed by atoms with Gasteiger partial charge in [-0.3, -0.25) is 4.79 Å². The van der Waals surface area contributed by atoms with Crippen LogP contribution in [0.2, 0.25) is 5.02 Å². The fourth-order valence-electron chi connectivity index (χ4n) is 3.86. The second-order valence-electron chi connectivity index (χ2n) is 7.00. The van der Waals surface area contributed by atoms with Crippen LogP contribution in [0.1, 0.15) is 49.3 Å². The molecule has 0 spiro atoms. The van der Waals surface area contributed by atoms with Gasteiger partial charge in [-0.15, -0.1) is 0 Å². The molecule has 3 rings (SSSR count). The zero-order chi connectivity index (χ0) is 21.7. The number of carbonyl (C=O) groups is 2. The Morgan fingerprint density at radius 3 is 2.67 bits per heavy atom. The molecule has 0 saturated carbocycles. The van der Waals surface area contributed by atoms with Crippen LogP contribution in [0.3, 0.4) is 0 Å². The SMILES string of the molecule is CCOC(=O)C1=C(CC)N(Cc2cccc(C#N)c2)C(=O)C[C@@H]1c1ccccc1Cl. The highest BCUT2D eigenvalue weighted by Crippen LogP contribution is 2.41. The number of nitrogens with zero attached hydrogens (tertiary/aromatic N) is 2. The number of allylic oxidation sites excluding steroid dienone is 1. The van der Waals surface area contributed by atoms with Crippen molar-refractivity contribution in [1.29, 1.82) is 5.26 Å². The van der Waals surface area contributed by atoms with Crippen molar-refractivity contribution in [2.45, 2.75) is 39.2 Å². The highest BCUT2D eigenvalue weighted by molar-refractivity contribution is 6.31. The number of hydrogen-bond acceptors (Lipinski definition) is 4. The van der Waals surface area contributed by atoms with Crippen molar-refractivity contribution >= 4 is 23.5 Å². The van der Waals surface area contributed by atoms with Gasteiger partial charge in [-0.05, 0) is 42.7 Å². The van der Waals surface area contributed by atoms with Gasteiger partial charge in [0.05, 0.1) is 30.4 Å². The van der Waals surface area contributed by atoms with E-state index in [0.717, 1.165) is 11.1 Å². The predicted octanol–water partition coefficient (Wildman–Crippen LogP) is 4.95. The molecule has 0 fully saturated rings. The zero-order valence-electron chi connectivity index (χ0n) is 17.0. The van der Waals surface area contributed by atoms with Crippen LogP contribution >= 0.6 is 11.6 Å². The van der Waals surface area contributed by atoms with Crippen molar-refractivity contribution in [3.63, 3.8) is 0 Å². The number of halogens is 1. The summed E-state index contributed by atoms with van der Waals surface area (Å²) in [7, 11) is 0. The Morgan fingerprint density at radius 2 is 2.00 bits per heavy atom. The molecule has 1 atom stereocenters. The maximum Gasteiger partial charge on any atom is 0.336 e. The van der Waals surface area contributed by atoms with E-state index in [2.05, 4.69) is 6.07 Å². The van der Waals surface area contributed by atoms with E-state index < -0.39 is 11.9 Å². The first-order valence-corrected chi connectivity index (χ1v) is 10.3. The van der Waals surface area contributed by atoms with E-state index in [1.165, 1.54) is 0 Å². The van der Waals surface area contributed by atoms with E-state index in [4.69, 9.17) is 21.6 Å². The quantitative estimate of drug-likeness (QED) is 0.617. The van der Waals surface area contributed by atoms with Crippen LogP contribution in [0.25, 0.3) is 0 Å². The molecule has 0 bridgehead atoms. The Labute approximate surface area is 181 Å². The average molecular weight is 423 g/mol. The fraction of sp³-hybridized carbons (Fsp3) is 0.292. The molecular formula is C24H23ClN2O3. The van der Waals surface area contributed by atoms with Crippen molar-refractivity contribution in [3.05, 3.63) is 81.5 Å². The van der Waals surface area contributed by atoms with E-state index in [0.29, 0.717) is 28.3 Å². The lowest BCUT2D eigenvalue weighted by Crippen LogP contribution is -2.39. The molecule has 1 heterocycles. The number of rotatable bonds is 6. The molecule has 0 aromatic heterocycles. The highest BCUT2D eigenvalue weighted by atomic mass is 35.5. The van der Waals surface area contributed by atoms with Crippen LogP contribution in [0.5, 0.6) is 0 Å². The zero-order valence-corrected chi connectivity index (χ0v) is 17.8. The van der Waals surface area contributed by atoms with Gasteiger partial charge in [-0.25, -0.2) is 4.79 Å². The average Bonchev–Trinajstić information content (AvgIpc) is 2.75. The number of benzene rings is 2. The van der Waals surface area contributed by atoms with Gasteiger partial charge >= 0.3 is 5.97 Å². The molecule has 0 aliphatic carbocycles. The van der Waals surface area contributed by atoms with E-state index in [1.807, 2.05) is 31.2 Å². The minimum absolute atomic E-state index is 0.0906. The molecule has 6 heteroatoms. The molecule has 0 N–H and O–H groups in total. The lowest BCUT2D eigenvalue weighted by Gasteiger charge is -2.36. The summed E-state index contributed by atoms with van der Waals surface area (Å²) < 4.78 is 5.35. The predicted molar refractivity (Wildman–Crippen MR) is 114 cm³/mol. The van der Waals surface area contributed by atoms with Crippen molar-refractivity contribution in [2.75, 3.05) is 6.61 Å². The Hall–Kier alpha value is -3.10. The lowest BCUT2D eigenvalue weighted by atomic mass is 9.82. The Kier molecular flexibility index (Phi) is 6.91. The first-order chi connectivity index (χ1) is 14.5. The number of amides is 1. The van der Waals surface area contributed by atoms with Crippen molar-refractivity contribution in [1.82, 2.24) is 4.90 Å². The summed E-state index contributed by atoms with van der Waals surface area (Å²) in [5, 5.41) is 9.68. The maximum absolute atomic E-state index is 13.2. The van der Waals surface area contributed by atoms with Crippen LogP contribution < -0.4 is 0 Å². The van der Waals surface area contributed by atoms with Gasteiger partial charge in [0.15, 0.2) is 0 Å². The first kappa shape index (κ1) is 21.6. The summed E-state index contributed by atoms with van der Waals surface area (Å²) in [4.78, 5) is 27.8. The summed E-state index contributed by atoms with van der Waals surface area (Å²) in [6, 6.07) is 16.5. The second kappa shape index (κ2) is 9.60. The van der Waals surface area contributed by atoms with E-state index in [-0.39, 0.29) is 25.5 Å². The first-order valence-electron chi connectivity index (χ1n) is 9.94. The monoisotopic (exact) mass is 422 g/mol. The normalized spacial score (nSPS) is 16.4. The van der Waals surface area contributed by atoms with Gasteiger partial charge in [0.1, 0.15) is 0 Å². The molecule has 2 aromatic carbocycles. The van der Waals surface area contributed by atoms with Crippen LogP contribution in [0.4, 0.5) is 0 Å². The van der Waals surface area contributed by atoms with E-state index in [1.54, 1.807) is 36.1 Å². The van der Waals surface area contributed by atoms with Gasteiger partial charge < -0.3 is 9.64 Å². The molecule has 2 aromatic rings. The maximum atomic E-state index is 13.2. The van der Waals surface area contributed by atoms with Crippen LogP contribution in [-0.2, 0) is 20.9 Å². The summed E-state index contributed by atoms with van der Waals surface area (Å²) in [5.41, 5.74) is 3.21. The highest BCUT2D eigenvalue weighted by Gasteiger charge is 2.38. The molecule has 0 unspecified atom stereocenters. The second-order valence-corrected chi connectivity index (χ2v) is 7.41. The summed E-state index contributed by atoms with van der Waals surface area (Å²) in [6.07, 6.45) is 0.609. The van der Waals surface area contributed by atoms with Crippen molar-refractivity contribution in [2.24, 2.45) is 0 Å². The molecular weight excluding hydrogens is 400 g/mol. The Morgan fingerprint density at radius 1 is 1.23 bits per heavy atom. The molecule has 1 amide bonds. The Bertz CT molecular complexity index is 1040. The molecule has 1 aliphatic heterocycles. The molecule has 0 saturated heterocycles. The molecule has 30 heavy (non-hydrogen) atoms. The number of ether oxygens (including phenoxy) is 1. The molecule has 5 nitrogen and oxygen atoms in total. The van der Waals surface area contributed by atoms with E-state index >= 15 is 0 Å². The standard InChI is InChI=1S/C24H23ClN2O3/c1-3-21-23(24(29)30-4-2)19(18-10-5-6-11-20(18)25)13-22(28)27(21)15-17-9-7-8-16(12-17)14-26/h5-12,19H,3-4,13,15H2,1-2H3/t19-/m1/s1. The third-order valence-corrected chi connectivity index (χ3v) is 5.52. The summed E-state index contributed by atoms with van der Waals surface area (Å²) >= 11 is 6.41.